The van der Waals surface area contributed by atoms with Crippen molar-refractivity contribution in [3.05, 3.63) is 104 Å². The number of hydrogen-bond donors (Lipinski definition) is 1. The van der Waals surface area contributed by atoms with E-state index in [1.807, 2.05) is 0 Å². The highest BCUT2D eigenvalue weighted by molar-refractivity contribution is 6.30. The fraction of sp³-hybridized carbons (Fsp3) is 0.276. The highest BCUT2D eigenvalue weighted by Crippen LogP contribution is 2.52. The smallest absolute Gasteiger partial charge is 0.305 e. The Bertz CT molecular complexity index is 1440. The van der Waals surface area contributed by atoms with Crippen LogP contribution in [0.2, 0.25) is 10.0 Å². The first-order valence-corrected chi connectivity index (χ1v) is 13.0. The average Bonchev–Trinajstić information content (AvgIpc) is 3.49. The average molecular weight is 572 g/mol. The highest BCUT2D eigenvalue weighted by Gasteiger charge is 2.58. The van der Waals surface area contributed by atoms with E-state index in [1.54, 1.807) is 48.5 Å². The van der Waals surface area contributed by atoms with Crippen LogP contribution in [0, 0.1) is 5.82 Å². The van der Waals surface area contributed by atoms with E-state index in [9.17, 15) is 19.5 Å². The first-order valence-electron chi connectivity index (χ1n) is 12.3. The van der Waals surface area contributed by atoms with Crippen molar-refractivity contribution in [2.24, 2.45) is 0 Å². The Morgan fingerprint density at radius 2 is 1.77 bits per heavy atom. The molecule has 39 heavy (non-hydrogen) atoms. The summed E-state index contributed by atoms with van der Waals surface area (Å²) in [5.74, 6) is -3.11. The standard InChI is InChI=1S/C29H24Cl2FNO6/c1-16(34)18-12-23-27(24(32)13-18)29(39-22-10-11-38-15-22,19-4-8-21(31)9-5-19)33(28(23)37)25(14-26(35)36)17-2-6-20(30)7-3-17/h2-9,12-13,22,25H,10-11,14-15H2,1H3,(H,35,36)/t22-,25-,29+/m0/s1. The number of rotatable bonds is 8. The Hall–Kier alpha value is -3.30. The molecule has 0 aliphatic carbocycles. The zero-order valence-electron chi connectivity index (χ0n) is 20.8. The molecule has 0 aromatic heterocycles. The number of fused-ring (bicyclic) bond motifs is 1. The largest absolute Gasteiger partial charge is 0.481 e. The summed E-state index contributed by atoms with van der Waals surface area (Å²) in [6.45, 7) is 1.88. The molecular formula is C29H24Cl2FNO6. The van der Waals surface area contributed by atoms with Crippen LogP contribution in [0.15, 0.2) is 60.7 Å². The molecule has 10 heteroatoms. The fourth-order valence-corrected chi connectivity index (χ4v) is 5.53. The van der Waals surface area contributed by atoms with Crippen molar-refractivity contribution in [3.8, 4) is 0 Å². The lowest BCUT2D eigenvalue weighted by atomic mass is 9.89. The number of carboxylic acid groups (broad SMARTS) is 1. The van der Waals surface area contributed by atoms with Crippen LogP contribution < -0.4 is 0 Å². The van der Waals surface area contributed by atoms with Gasteiger partial charge in [-0.3, -0.25) is 19.3 Å². The summed E-state index contributed by atoms with van der Waals surface area (Å²) < 4.78 is 28.4. The van der Waals surface area contributed by atoms with Gasteiger partial charge in [-0.2, -0.15) is 0 Å². The number of benzene rings is 3. The van der Waals surface area contributed by atoms with Crippen molar-refractivity contribution in [1.29, 1.82) is 0 Å². The molecule has 0 unspecified atom stereocenters. The van der Waals surface area contributed by atoms with Gasteiger partial charge in [0.2, 0.25) is 5.72 Å². The summed E-state index contributed by atoms with van der Waals surface area (Å²) in [5, 5.41) is 10.8. The normalized spacial score (nSPS) is 21.2. The van der Waals surface area contributed by atoms with Crippen LogP contribution in [0.5, 0.6) is 0 Å². The Labute approximate surface area is 234 Å². The summed E-state index contributed by atoms with van der Waals surface area (Å²) in [6, 6.07) is 14.1. The van der Waals surface area contributed by atoms with Gasteiger partial charge in [0.1, 0.15) is 5.82 Å². The molecule has 2 heterocycles. The van der Waals surface area contributed by atoms with E-state index in [0.29, 0.717) is 34.2 Å². The van der Waals surface area contributed by atoms with Crippen LogP contribution in [-0.4, -0.2) is 47.0 Å². The molecule has 1 N–H and O–H groups in total. The molecule has 2 aliphatic heterocycles. The van der Waals surface area contributed by atoms with Gasteiger partial charge in [0.15, 0.2) is 5.78 Å². The van der Waals surface area contributed by atoms with Gasteiger partial charge >= 0.3 is 5.97 Å². The number of carbonyl (C=O) groups is 3. The van der Waals surface area contributed by atoms with E-state index >= 15 is 4.39 Å². The van der Waals surface area contributed by atoms with Crippen molar-refractivity contribution < 1.29 is 33.4 Å². The number of carbonyl (C=O) groups excluding carboxylic acids is 2. The number of halogens is 3. The van der Waals surface area contributed by atoms with Crippen LogP contribution in [-0.2, 0) is 20.0 Å². The molecule has 2 aliphatic rings. The topological polar surface area (TPSA) is 93.1 Å². The molecule has 3 atom stereocenters. The quantitative estimate of drug-likeness (QED) is 0.332. The molecule has 0 bridgehead atoms. The summed E-state index contributed by atoms with van der Waals surface area (Å²) in [7, 11) is 0. The maximum absolute atomic E-state index is 16.2. The SMILES string of the molecule is CC(=O)c1cc(F)c2c(c1)C(=O)N([C@@H](CC(=O)O)c1ccc(Cl)cc1)[C@@]2(O[C@H]1CCOC1)c1ccc(Cl)cc1. The van der Waals surface area contributed by atoms with Crippen molar-refractivity contribution in [3.63, 3.8) is 0 Å². The van der Waals surface area contributed by atoms with Gasteiger partial charge in [0, 0.05) is 27.8 Å². The summed E-state index contributed by atoms with van der Waals surface area (Å²) >= 11 is 12.3. The van der Waals surface area contributed by atoms with E-state index in [4.69, 9.17) is 32.7 Å². The number of carboxylic acids is 1. The molecule has 0 radical (unpaired) electrons. The van der Waals surface area contributed by atoms with Gasteiger partial charge in [0.25, 0.3) is 5.91 Å². The van der Waals surface area contributed by atoms with Gasteiger partial charge in [-0.1, -0.05) is 47.5 Å². The zero-order chi connectivity index (χ0) is 27.9. The molecule has 1 amide bonds. The van der Waals surface area contributed by atoms with Crippen LogP contribution >= 0.6 is 23.2 Å². The number of amides is 1. The predicted molar refractivity (Wildman–Crippen MR) is 142 cm³/mol. The fourth-order valence-electron chi connectivity index (χ4n) is 5.28. The third-order valence-electron chi connectivity index (χ3n) is 7.02. The molecule has 1 fully saturated rings. The first-order chi connectivity index (χ1) is 18.6. The minimum Gasteiger partial charge on any atom is -0.481 e. The molecule has 1 saturated heterocycles. The lowest BCUT2D eigenvalue weighted by Gasteiger charge is -2.44. The molecule has 3 aromatic rings. The maximum Gasteiger partial charge on any atom is 0.305 e. The highest BCUT2D eigenvalue weighted by atomic mass is 35.5. The third-order valence-corrected chi connectivity index (χ3v) is 7.52. The van der Waals surface area contributed by atoms with Crippen LogP contribution in [0.1, 0.15) is 63.2 Å². The Morgan fingerprint density at radius 1 is 1.13 bits per heavy atom. The van der Waals surface area contributed by atoms with Gasteiger partial charge in [-0.15, -0.1) is 0 Å². The minimum atomic E-state index is -1.89. The van der Waals surface area contributed by atoms with E-state index in [-0.39, 0.29) is 23.3 Å². The van der Waals surface area contributed by atoms with E-state index in [1.165, 1.54) is 17.9 Å². The van der Waals surface area contributed by atoms with Gasteiger partial charge < -0.3 is 14.6 Å². The van der Waals surface area contributed by atoms with Crippen molar-refractivity contribution in [2.75, 3.05) is 13.2 Å². The van der Waals surface area contributed by atoms with Crippen molar-refractivity contribution in [1.82, 2.24) is 4.90 Å². The van der Waals surface area contributed by atoms with Gasteiger partial charge in [-0.25, -0.2) is 4.39 Å². The number of Topliss-reactive ketones (excluding diaryl/α,β-unsaturated/α-hetero) is 1. The molecule has 202 valence electrons. The Balaban J connectivity index is 1.84. The second kappa shape index (κ2) is 10.7. The number of hydrogen-bond acceptors (Lipinski definition) is 5. The van der Waals surface area contributed by atoms with Gasteiger partial charge in [-0.05, 0) is 55.3 Å². The number of ketones is 1. The minimum absolute atomic E-state index is 0.0110. The van der Waals surface area contributed by atoms with E-state index < -0.39 is 47.8 Å². The molecular weight excluding hydrogens is 548 g/mol. The molecule has 0 saturated carbocycles. The molecule has 3 aromatic carbocycles. The molecule has 0 spiro atoms. The van der Waals surface area contributed by atoms with Gasteiger partial charge in [0.05, 0.1) is 36.3 Å². The number of aliphatic carboxylic acids is 1. The van der Waals surface area contributed by atoms with Crippen molar-refractivity contribution in [2.45, 2.75) is 37.6 Å². The second-order valence-corrected chi connectivity index (χ2v) is 10.4. The summed E-state index contributed by atoms with van der Waals surface area (Å²) in [4.78, 5) is 40.0. The number of ether oxygens (including phenoxy) is 2. The lowest BCUT2D eigenvalue weighted by molar-refractivity contribution is -0.162. The lowest BCUT2D eigenvalue weighted by Crippen LogP contribution is -2.51. The second-order valence-electron chi connectivity index (χ2n) is 9.53. The van der Waals surface area contributed by atoms with E-state index in [2.05, 4.69) is 0 Å². The number of nitrogens with zero attached hydrogens (tertiary/aromatic N) is 1. The summed E-state index contributed by atoms with van der Waals surface area (Å²) in [5.41, 5.74) is -1.25. The third kappa shape index (κ3) is 4.94. The predicted octanol–water partition coefficient (Wildman–Crippen LogP) is 6.01. The molecule has 7 nitrogen and oxygen atoms in total. The van der Waals surface area contributed by atoms with Crippen LogP contribution in [0.25, 0.3) is 0 Å². The summed E-state index contributed by atoms with van der Waals surface area (Å²) in [6.07, 6.45) is -0.572. The Kier molecular flexibility index (Phi) is 7.48. The van der Waals surface area contributed by atoms with Crippen LogP contribution in [0.4, 0.5) is 4.39 Å². The maximum atomic E-state index is 16.2. The monoisotopic (exact) mass is 571 g/mol. The van der Waals surface area contributed by atoms with E-state index in [0.717, 1.165) is 6.07 Å². The van der Waals surface area contributed by atoms with Crippen LogP contribution in [0.3, 0.4) is 0 Å². The Morgan fingerprint density at radius 3 is 2.33 bits per heavy atom. The molecule has 5 rings (SSSR count). The van der Waals surface area contributed by atoms with Crippen molar-refractivity contribution >= 4 is 40.9 Å². The zero-order valence-corrected chi connectivity index (χ0v) is 22.3. The first kappa shape index (κ1) is 27.3.